The van der Waals surface area contributed by atoms with Gasteiger partial charge in [0.25, 0.3) is 0 Å². The van der Waals surface area contributed by atoms with Gasteiger partial charge in [0.1, 0.15) is 18.0 Å². The largest absolute Gasteiger partial charge is 0.356 e. The first kappa shape index (κ1) is 17.3. The lowest BCUT2D eigenvalue weighted by atomic mass is 9.96. The standard InChI is InChI=1S/C17H19BrFN7/c1-2-5-26-23-16(22-24-26)11-3-6-25(7-4-11)17-13-8-12(19)9-14(18)15(13)20-10-21-17/h8-11H,2-7H2,1H3. The van der Waals surface area contributed by atoms with E-state index < -0.39 is 0 Å². The maximum atomic E-state index is 13.9. The molecule has 7 nitrogen and oxygen atoms in total. The number of fused-ring (bicyclic) bond motifs is 1. The van der Waals surface area contributed by atoms with Crippen LogP contribution in [-0.2, 0) is 6.54 Å². The molecule has 0 saturated carbocycles. The van der Waals surface area contributed by atoms with Crippen LogP contribution in [0.5, 0.6) is 0 Å². The average Bonchev–Trinajstić information content (AvgIpc) is 3.10. The molecule has 1 aliphatic heterocycles. The van der Waals surface area contributed by atoms with Crippen LogP contribution in [0.2, 0.25) is 0 Å². The lowest BCUT2D eigenvalue weighted by Gasteiger charge is -2.32. The normalized spacial score (nSPS) is 15.7. The van der Waals surface area contributed by atoms with E-state index >= 15 is 0 Å². The van der Waals surface area contributed by atoms with Gasteiger partial charge in [-0.1, -0.05) is 6.92 Å². The summed E-state index contributed by atoms with van der Waals surface area (Å²) in [6.07, 6.45) is 4.35. The highest BCUT2D eigenvalue weighted by atomic mass is 79.9. The van der Waals surface area contributed by atoms with Crippen LogP contribution < -0.4 is 4.90 Å². The maximum Gasteiger partial charge on any atom is 0.178 e. The predicted molar refractivity (Wildman–Crippen MR) is 99.5 cm³/mol. The van der Waals surface area contributed by atoms with Crippen LogP contribution >= 0.6 is 15.9 Å². The third kappa shape index (κ3) is 3.27. The zero-order valence-electron chi connectivity index (χ0n) is 14.4. The Labute approximate surface area is 158 Å². The Balaban J connectivity index is 1.54. The fraction of sp³-hybridized carbons (Fsp3) is 0.471. The first-order chi connectivity index (χ1) is 12.7. The molecule has 0 amide bonds. The van der Waals surface area contributed by atoms with Crippen molar-refractivity contribution >= 4 is 32.7 Å². The van der Waals surface area contributed by atoms with E-state index in [1.165, 1.54) is 18.5 Å². The molecule has 0 bridgehead atoms. The molecular formula is C17H19BrFN7. The molecule has 1 fully saturated rings. The summed E-state index contributed by atoms with van der Waals surface area (Å²) in [5, 5.41) is 13.5. The Hall–Kier alpha value is -2.16. The Morgan fingerprint density at radius 2 is 2.04 bits per heavy atom. The van der Waals surface area contributed by atoms with Gasteiger partial charge in [-0.3, -0.25) is 0 Å². The molecule has 1 aromatic carbocycles. The molecule has 0 N–H and O–H groups in total. The third-order valence-electron chi connectivity index (χ3n) is 4.69. The van der Waals surface area contributed by atoms with Crippen molar-refractivity contribution < 1.29 is 4.39 Å². The maximum absolute atomic E-state index is 13.9. The van der Waals surface area contributed by atoms with Gasteiger partial charge in [-0.25, -0.2) is 14.4 Å². The monoisotopic (exact) mass is 419 g/mol. The molecule has 2 aromatic heterocycles. The second-order valence-electron chi connectivity index (χ2n) is 6.49. The number of aromatic nitrogens is 6. The Bertz CT molecular complexity index is 921. The van der Waals surface area contributed by atoms with Crippen molar-refractivity contribution in [2.24, 2.45) is 0 Å². The number of anilines is 1. The smallest absolute Gasteiger partial charge is 0.178 e. The summed E-state index contributed by atoms with van der Waals surface area (Å²) in [6.45, 7) is 4.51. The van der Waals surface area contributed by atoms with Gasteiger partial charge >= 0.3 is 0 Å². The molecule has 26 heavy (non-hydrogen) atoms. The molecule has 4 rings (SSSR count). The molecule has 3 heterocycles. The predicted octanol–water partition coefficient (Wildman–Crippen LogP) is 3.31. The number of piperidine rings is 1. The van der Waals surface area contributed by atoms with Gasteiger partial charge < -0.3 is 4.90 Å². The quantitative estimate of drug-likeness (QED) is 0.645. The van der Waals surface area contributed by atoms with Gasteiger partial charge in [0.15, 0.2) is 5.82 Å². The highest BCUT2D eigenvalue weighted by Crippen LogP contribution is 2.33. The number of rotatable bonds is 4. The SMILES string of the molecule is CCCn1nnc(C2CCN(c3ncnc4c(Br)cc(F)cc34)CC2)n1. The van der Waals surface area contributed by atoms with Crippen molar-refractivity contribution in [3.63, 3.8) is 0 Å². The van der Waals surface area contributed by atoms with Gasteiger partial charge in [0.05, 0.1) is 12.1 Å². The number of nitrogens with zero attached hydrogens (tertiary/aromatic N) is 7. The van der Waals surface area contributed by atoms with Crippen LogP contribution in [0, 0.1) is 5.82 Å². The minimum absolute atomic E-state index is 0.299. The van der Waals surface area contributed by atoms with Crippen molar-refractivity contribution in [2.75, 3.05) is 18.0 Å². The molecule has 0 spiro atoms. The molecule has 3 aromatic rings. The summed E-state index contributed by atoms with van der Waals surface area (Å²) >= 11 is 3.39. The summed E-state index contributed by atoms with van der Waals surface area (Å²) in [5.41, 5.74) is 0.725. The van der Waals surface area contributed by atoms with E-state index in [2.05, 4.69) is 53.1 Å². The van der Waals surface area contributed by atoms with Crippen LogP contribution in [-0.4, -0.2) is 43.3 Å². The van der Waals surface area contributed by atoms with Crippen LogP contribution in [0.25, 0.3) is 10.9 Å². The summed E-state index contributed by atoms with van der Waals surface area (Å²) in [7, 11) is 0. The molecular weight excluding hydrogens is 401 g/mol. The fourth-order valence-electron chi connectivity index (χ4n) is 3.39. The number of aryl methyl sites for hydroxylation is 1. The van der Waals surface area contributed by atoms with Gasteiger partial charge in [-0.15, -0.1) is 10.2 Å². The zero-order chi connectivity index (χ0) is 18.1. The molecule has 0 radical (unpaired) electrons. The van der Waals surface area contributed by atoms with E-state index in [9.17, 15) is 4.39 Å². The first-order valence-corrected chi connectivity index (χ1v) is 9.57. The van der Waals surface area contributed by atoms with E-state index in [0.717, 1.165) is 61.4 Å². The van der Waals surface area contributed by atoms with Gasteiger partial charge in [0, 0.05) is 28.9 Å². The fourth-order valence-corrected chi connectivity index (χ4v) is 3.93. The number of hydrogen-bond acceptors (Lipinski definition) is 6. The van der Waals surface area contributed by atoms with E-state index in [1.54, 1.807) is 4.80 Å². The molecule has 1 saturated heterocycles. The lowest BCUT2D eigenvalue weighted by Crippen LogP contribution is -2.34. The first-order valence-electron chi connectivity index (χ1n) is 8.78. The van der Waals surface area contributed by atoms with Gasteiger partial charge in [-0.05, 0) is 52.5 Å². The second-order valence-corrected chi connectivity index (χ2v) is 7.34. The van der Waals surface area contributed by atoms with Gasteiger partial charge in [0.2, 0.25) is 0 Å². The highest BCUT2D eigenvalue weighted by molar-refractivity contribution is 9.10. The van der Waals surface area contributed by atoms with Crippen LogP contribution in [0.3, 0.4) is 0 Å². The van der Waals surface area contributed by atoms with Crippen LogP contribution in [0.1, 0.15) is 37.9 Å². The van der Waals surface area contributed by atoms with E-state index in [4.69, 9.17) is 0 Å². The van der Waals surface area contributed by atoms with Crippen molar-refractivity contribution in [2.45, 2.75) is 38.6 Å². The average molecular weight is 420 g/mol. The number of hydrogen-bond donors (Lipinski definition) is 0. The highest BCUT2D eigenvalue weighted by Gasteiger charge is 2.26. The van der Waals surface area contributed by atoms with Crippen molar-refractivity contribution in [1.82, 2.24) is 30.2 Å². The number of halogens is 2. The Morgan fingerprint density at radius 3 is 2.81 bits per heavy atom. The van der Waals surface area contributed by atoms with Crippen molar-refractivity contribution in [3.05, 3.63) is 34.6 Å². The summed E-state index contributed by atoms with van der Waals surface area (Å²) in [6, 6.07) is 2.93. The third-order valence-corrected chi connectivity index (χ3v) is 5.29. The lowest BCUT2D eigenvalue weighted by molar-refractivity contribution is 0.474. The van der Waals surface area contributed by atoms with E-state index in [1.807, 2.05) is 0 Å². The molecule has 0 atom stereocenters. The molecule has 136 valence electrons. The zero-order valence-corrected chi connectivity index (χ0v) is 16.0. The van der Waals surface area contributed by atoms with Crippen molar-refractivity contribution in [1.29, 1.82) is 0 Å². The topological polar surface area (TPSA) is 72.6 Å². The van der Waals surface area contributed by atoms with Gasteiger partial charge in [-0.2, -0.15) is 4.80 Å². The molecule has 1 aliphatic rings. The summed E-state index contributed by atoms with van der Waals surface area (Å²) in [5.74, 6) is 1.59. The van der Waals surface area contributed by atoms with Crippen LogP contribution in [0.4, 0.5) is 10.2 Å². The molecule has 9 heteroatoms. The minimum Gasteiger partial charge on any atom is -0.356 e. The number of benzene rings is 1. The Morgan fingerprint density at radius 1 is 1.23 bits per heavy atom. The van der Waals surface area contributed by atoms with E-state index in [-0.39, 0.29) is 5.82 Å². The van der Waals surface area contributed by atoms with Crippen LogP contribution in [0.15, 0.2) is 22.9 Å². The molecule has 0 unspecified atom stereocenters. The summed E-state index contributed by atoms with van der Waals surface area (Å²) < 4.78 is 14.5. The second kappa shape index (κ2) is 7.22. The van der Waals surface area contributed by atoms with E-state index in [0.29, 0.717) is 10.4 Å². The number of tetrazole rings is 1. The minimum atomic E-state index is -0.299. The molecule has 0 aliphatic carbocycles. The van der Waals surface area contributed by atoms with Crippen molar-refractivity contribution in [3.8, 4) is 0 Å². The summed E-state index contributed by atoms with van der Waals surface area (Å²) in [4.78, 5) is 12.5. The Kier molecular flexibility index (Phi) is 4.80.